The monoisotopic (exact) mass is 240 g/mol. The molecule has 1 aromatic carbocycles. The van der Waals surface area contributed by atoms with E-state index in [4.69, 9.17) is 11.6 Å². The average molecular weight is 241 g/mol. The van der Waals surface area contributed by atoms with E-state index >= 15 is 0 Å². The van der Waals surface area contributed by atoms with Crippen molar-refractivity contribution in [2.45, 2.75) is 20.3 Å². The zero-order chi connectivity index (χ0) is 12.0. The van der Waals surface area contributed by atoms with Crippen LogP contribution in [0, 0.1) is 6.92 Å². The summed E-state index contributed by atoms with van der Waals surface area (Å²) in [6.45, 7) is 6.26. The molecule has 0 aliphatic rings. The van der Waals surface area contributed by atoms with Gasteiger partial charge in [0.15, 0.2) is 0 Å². The second kappa shape index (κ2) is 6.64. The zero-order valence-electron chi connectivity index (χ0n) is 10.4. The minimum atomic E-state index is 0.669. The number of rotatable bonds is 6. The van der Waals surface area contributed by atoms with E-state index in [-0.39, 0.29) is 0 Å². The molecule has 0 bridgehead atoms. The molecule has 2 nitrogen and oxygen atoms in total. The number of nitrogens with zero attached hydrogens (tertiary/aromatic N) is 1. The van der Waals surface area contributed by atoms with Crippen LogP contribution in [0.25, 0.3) is 0 Å². The first-order chi connectivity index (χ1) is 7.72. The highest BCUT2D eigenvalue weighted by molar-refractivity contribution is 6.18. The van der Waals surface area contributed by atoms with Gasteiger partial charge in [-0.05, 0) is 31.0 Å². The summed E-state index contributed by atoms with van der Waals surface area (Å²) in [5.41, 5.74) is 3.71. The molecule has 0 heterocycles. The van der Waals surface area contributed by atoms with Gasteiger partial charge in [-0.2, -0.15) is 0 Å². The molecule has 0 radical (unpaired) electrons. The van der Waals surface area contributed by atoms with E-state index in [9.17, 15) is 0 Å². The molecule has 0 saturated carbocycles. The van der Waals surface area contributed by atoms with Crippen molar-refractivity contribution >= 4 is 23.0 Å². The SMILES string of the molecule is CCCN(CCCl)c1ccc(C)c(NC)c1. The van der Waals surface area contributed by atoms with Crippen LogP contribution in [0.4, 0.5) is 11.4 Å². The predicted octanol–water partition coefficient (Wildman–Crippen LogP) is 3.49. The third-order valence-corrected chi connectivity index (χ3v) is 2.87. The number of aryl methyl sites for hydroxylation is 1. The molecule has 0 spiro atoms. The average Bonchev–Trinajstić information content (AvgIpc) is 2.29. The zero-order valence-corrected chi connectivity index (χ0v) is 11.1. The lowest BCUT2D eigenvalue weighted by molar-refractivity contribution is 0.794. The van der Waals surface area contributed by atoms with Crippen molar-refractivity contribution in [1.29, 1.82) is 0 Å². The molecule has 3 heteroatoms. The maximum absolute atomic E-state index is 5.83. The van der Waals surface area contributed by atoms with Gasteiger partial charge in [-0.3, -0.25) is 0 Å². The largest absolute Gasteiger partial charge is 0.388 e. The fourth-order valence-electron chi connectivity index (χ4n) is 1.82. The highest BCUT2D eigenvalue weighted by Gasteiger charge is 2.06. The van der Waals surface area contributed by atoms with Gasteiger partial charge in [-0.15, -0.1) is 11.6 Å². The van der Waals surface area contributed by atoms with Crippen molar-refractivity contribution in [3.8, 4) is 0 Å². The molecule has 0 amide bonds. The number of alkyl halides is 1. The van der Waals surface area contributed by atoms with Crippen molar-refractivity contribution in [2.75, 3.05) is 36.2 Å². The summed E-state index contributed by atoms with van der Waals surface area (Å²) in [5, 5.41) is 3.22. The molecule has 0 aromatic heterocycles. The quantitative estimate of drug-likeness (QED) is 0.766. The minimum Gasteiger partial charge on any atom is -0.388 e. The predicted molar refractivity (Wildman–Crippen MR) is 73.9 cm³/mol. The summed E-state index contributed by atoms with van der Waals surface area (Å²) in [4.78, 5) is 2.33. The number of nitrogens with one attached hydrogen (secondary N) is 1. The molecule has 0 saturated heterocycles. The normalized spacial score (nSPS) is 10.2. The summed E-state index contributed by atoms with van der Waals surface area (Å²) in [6.07, 6.45) is 1.14. The summed E-state index contributed by atoms with van der Waals surface area (Å²) in [7, 11) is 1.96. The Labute approximate surface area is 104 Å². The van der Waals surface area contributed by atoms with Crippen LogP contribution in [0.15, 0.2) is 18.2 Å². The number of hydrogen-bond donors (Lipinski definition) is 1. The van der Waals surface area contributed by atoms with Gasteiger partial charge in [0.1, 0.15) is 0 Å². The molecular weight excluding hydrogens is 220 g/mol. The van der Waals surface area contributed by atoms with E-state index in [1.807, 2.05) is 7.05 Å². The first-order valence-electron chi connectivity index (χ1n) is 5.82. The highest BCUT2D eigenvalue weighted by Crippen LogP contribution is 2.23. The molecule has 1 aromatic rings. The van der Waals surface area contributed by atoms with Gasteiger partial charge in [-0.1, -0.05) is 13.0 Å². The molecule has 0 atom stereocenters. The summed E-state index contributed by atoms with van der Waals surface area (Å²) >= 11 is 5.83. The van der Waals surface area contributed by atoms with Crippen molar-refractivity contribution in [3.05, 3.63) is 23.8 Å². The van der Waals surface area contributed by atoms with Crippen LogP contribution < -0.4 is 10.2 Å². The van der Waals surface area contributed by atoms with Gasteiger partial charge < -0.3 is 10.2 Å². The maximum atomic E-state index is 5.83. The molecule has 0 unspecified atom stereocenters. The third-order valence-electron chi connectivity index (χ3n) is 2.70. The number of anilines is 2. The first-order valence-corrected chi connectivity index (χ1v) is 6.35. The Morgan fingerprint density at radius 2 is 2.06 bits per heavy atom. The minimum absolute atomic E-state index is 0.669. The Morgan fingerprint density at radius 3 is 2.62 bits per heavy atom. The number of hydrogen-bond acceptors (Lipinski definition) is 2. The third kappa shape index (κ3) is 3.31. The fraction of sp³-hybridized carbons (Fsp3) is 0.538. The Balaban J connectivity index is 2.90. The molecule has 16 heavy (non-hydrogen) atoms. The summed E-state index contributed by atoms with van der Waals surface area (Å²) in [5.74, 6) is 0.669. The Hall–Kier alpha value is -0.890. The molecule has 1 N–H and O–H groups in total. The van der Waals surface area contributed by atoms with Crippen LogP contribution in [0.1, 0.15) is 18.9 Å². The second-order valence-electron chi connectivity index (χ2n) is 3.93. The lowest BCUT2D eigenvalue weighted by Crippen LogP contribution is -2.26. The van der Waals surface area contributed by atoms with E-state index in [0.29, 0.717) is 5.88 Å². The van der Waals surface area contributed by atoms with E-state index in [1.165, 1.54) is 16.9 Å². The van der Waals surface area contributed by atoms with Crippen molar-refractivity contribution in [3.63, 3.8) is 0 Å². The van der Waals surface area contributed by atoms with Crippen molar-refractivity contribution < 1.29 is 0 Å². The van der Waals surface area contributed by atoms with Gasteiger partial charge in [0, 0.05) is 37.4 Å². The van der Waals surface area contributed by atoms with Crippen LogP contribution in [0.2, 0.25) is 0 Å². The van der Waals surface area contributed by atoms with E-state index in [1.54, 1.807) is 0 Å². The van der Waals surface area contributed by atoms with Crippen molar-refractivity contribution in [2.24, 2.45) is 0 Å². The Kier molecular flexibility index (Phi) is 5.47. The van der Waals surface area contributed by atoms with Crippen LogP contribution in [0.3, 0.4) is 0 Å². The van der Waals surface area contributed by atoms with Gasteiger partial charge in [-0.25, -0.2) is 0 Å². The summed E-state index contributed by atoms with van der Waals surface area (Å²) in [6, 6.07) is 6.51. The molecule has 0 aliphatic heterocycles. The smallest absolute Gasteiger partial charge is 0.0399 e. The standard InChI is InChI=1S/C13H21ClN2/c1-4-8-16(9-7-14)12-6-5-11(2)13(10-12)15-3/h5-6,10,15H,4,7-9H2,1-3H3. The van der Waals surface area contributed by atoms with Gasteiger partial charge in [0.25, 0.3) is 0 Å². The van der Waals surface area contributed by atoms with Crippen LogP contribution in [-0.2, 0) is 0 Å². The fourth-order valence-corrected chi connectivity index (χ4v) is 2.02. The molecule has 0 aliphatic carbocycles. The maximum Gasteiger partial charge on any atom is 0.0399 e. The van der Waals surface area contributed by atoms with Crippen LogP contribution >= 0.6 is 11.6 Å². The lowest BCUT2D eigenvalue weighted by atomic mass is 10.1. The molecular formula is C13H21ClN2. The lowest BCUT2D eigenvalue weighted by Gasteiger charge is -2.24. The van der Waals surface area contributed by atoms with Crippen LogP contribution in [-0.4, -0.2) is 26.0 Å². The van der Waals surface area contributed by atoms with Gasteiger partial charge >= 0.3 is 0 Å². The van der Waals surface area contributed by atoms with E-state index < -0.39 is 0 Å². The Bertz CT molecular complexity index is 320. The molecule has 0 fully saturated rings. The van der Waals surface area contributed by atoms with Gasteiger partial charge in [0.2, 0.25) is 0 Å². The van der Waals surface area contributed by atoms with E-state index in [2.05, 4.69) is 42.3 Å². The van der Waals surface area contributed by atoms with Crippen LogP contribution in [0.5, 0.6) is 0 Å². The summed E-state index contributed by atoms with van der Waals surface area (Å²) < 4.78 is 0. The molecule has 1 rings (SSSR count). The highest BCUT2D eigenvalue weighted by atomic mass is 35.5. The number of halogens is 1. The second-order valence-corrected chi connectivity index (χ2v) is 4.30. The topological polar surface area (TPSA) is 15.3 Å². The van der Waals surface area contributed by atoms with Gasteiger partial charge in [0.05, 0.1) is 0 Å². The first kappa shape index (κ1) is 13.2. The van der Waals surface area contributed by atoms with Crippen molar-refractivity contribution in [1.82, 2.24) is 0 Å². The number of benzene rings is 1. The van der Waals surface area contributed by atoms with E-state index in [0.717, 1.165) is 19.5 Å². The molecule has 90 valence electrons. The Morgan fingerprint density at radius 1 is 1.31 bits per heavy atom.